The van der Waals surface area contributed by atoms with Crippen molar-refractivity contribution in [1.82, 2.24) is 9.55 Å². The van der Waals surface area contributed by atoms with Gasteiger partial charge in [0.2, 0.25) is 0 Å². The van der Waals surface area contributed by atoms with Gasteiger partial charge in [-0.2, -0.15) is 0 Å². The van der Waals surface area contributed by atoms with Crippen LogP contribution in [-0.4, -0.2) is 15.3 Å². The van der Waals surface area contributed by atoms with E-state index in [0.29, 0.717) is 5.56 Å². The largest absolute Gasteiger partial charge is 0.332 e. The van der Waals surface area contributed by atoms with E-state index in [9.17, 15) is 14.4 Å². The number of Topliss-reactive ketones (excluding diaryl/α,β-unsaturated/α-hetero) is 1. The fourth-order valence-corrected chi connectivity index (χ4v) is 1.03. The number of aromatic amines is 1. The molecular weight excluding hydrogens is 196 g/mol. The summed E-state index contributed by atoms with van der Waals surface area (Å²) in [5.41, 5.74) is -0.455. The van der Waals surface area contributed by atoms with Gasteiger partial charge in [0.15, 0.2) is 0 Å². The van der Waals surface area contributed by atoms with Crippen molar-refractivity contribution >= 4 is 12.0 Å². The average molecular weight is 208 g/mol. The molecule has 0 aliphatic heterocycles. The number of H-pyrrole nitrogens is 1. The van der Waals surface area contributed by atoms with Gasteiger partial charge >= 0.3 is 5.69 Å². The molecule has 0 aliphatic carbocycles. The molecule has 15 heavy (non-hydrogen) atoms. The second-order valence-corrected chi connectivity index (χ2v) is 3.27. The quantitative estimate of drug-likeness (QED) is 0.776. The van der Waals surface area contributed by atoms with E-state index in [1.165, 1.54) is 23.9 Å². The van der Waals surface area contributed by atoms with Crippen molar-refractivity contribution in [2.45, 2.75) is 20.3 Å². The summed E-state index contributed by atoms with van der Waals surface area (Å²) in [6, 6.07) is 0. The zero-order valence-electron chi connectivity index (χ0n) is 8.61. The van der Waals surface area contributed by atoms with Crippen LogP contribution in [0.25, 0.3) is 6.20 Å². The van der Waals surface area contributed by atoms with Gasteiger partial charge in [-0.05, 0) is 13.8 Å². The zero-order chi connectivity index (χ0) is 11.4. The van der Waals surface area contributed by atoms with Crippen molar-refractivity contribution in [3.63, 3.8) is 0 Å². The van der Waals surface area contributed by atoms with Crippen LogP contribution in [0.5, 0.6) is 0 Å². The molecule has 0 unspecified atom stereocenters. The summed E-state index contributed by atoms with van der Waals surface area (Å²) in [5, 5.41) is 0. The Bertz CT molecular complexity index is 508. The molecule has 0 fully saturated rings. The molecule has 1 N–H and O–H groups in total. The highest BCUT2D eigenvalue weighted by molar-refractivity contribution is 5.77. The molecule has 0 aromatic carbocycles. The molecule has 0 aliphatic rings. The molecular formula is C10H12N2O3. The van der Waals surface area contributed by atoms with E-state index >= 15 is 0 Å². The fourth-order valence-electron chi connectivity index (χ4n) is 1.03. The molecule has 5 nitrogen and oxygen atoms in total. The minimum absolute atomic E-state index is 0.0143. The Morgan fingerprint density at radius 2 is 2.20 bits per heavy atom. The molecule has 0 amide bonds. The number of ketones is 1. The molecule has 1 aromatic heterocycles. The number of nitrogens with one attached hydrogen (secondary N) is 1. The second kappa shape index (κ2) is 4.54. The Balaban J connectivity index is 3.01. The van der Waals surface area contributed by atoms with Crippen molar-refractivity contribution in [3.8, 4) is 0 Å². The highest BCUT2D eigenvalue weighted by Gasteiger charge is 1.97. The van der Waals surface area contributed by atoms with Crippen molar-refractivity contribution in [2.24, 2.45) is 0 Å². The normalized spacial score (nSPS) is 10.8. The molecule has 1 aromatic rings. The van der Waals surface area contributed by atoms with Gasteiger partial charge in [-0.1, -0.05) is 6.08 Å². The van der Waals surface area contributed by atoms with Crippen LogP contribution in [0.15, 0.2) is 21.9 Å². The predicted octanol–water partition coefficient (Wildman–Crippen LogP) is 0.295. The van der Waals surface area contributed by atoms with E-state index in [4.69, 9.17) is 0 Å². The maximum atomic E-state index is 11.2. The van der Waals surface area contributed by atoms with Crippen LogP contribution in [0.1, 0.15) is 18.9 Å². The maximum Gasteiger partial charge on any atom is 0.332 e. The van der Waals surface area contributed by atoms with Gasteiger partial charge in [0.1, 0.15) is 5.78 Å². The Labute approximate surface area is 86.1 Å². The van der Waals surface area contributed by atoms with Gasteiger partial charge in [0, 0.05) is 24.4 Å². The standard InChI is InChI=1S/C10H12N2O3/c1-7-6-12(5-3-4-8(2)13)10(15)11-9(7)14/h3,5-6H,4H2,1-2H3,(H,11,14,15)/b5-3+. The third kappa shape index (κ3) is 3.05. The fraction of sp³-hybridized carbons (Fsp3) is 0.300. The minimum atomic E-state index is -0.509. The van der Waals surface area contributed by atoms with Crippen LogP contribution in [0.3, 0.4) is 0 Å². The number of carbonyl (C=O) groups excluding carboxylic acids is 1. The number of nitrogens with zero attached hydrogens (tertiary/aromatic N) is 1. The van der Waals surface area contributed by atoms with Crippen LogP contribution in [0.4, 0.5) is 0 Å². The molecule has 1 rings (SSSR count). The van der Waals surface area contributed by atoms with Crippen molar-refractivity contribution in [3.05, 3.63) is 38.7 Å². The Morgan fingerprint density at radius 1 is 1.53 bits per heavy atom. The van der Waals surface area contributed by atoms with Crippen molar-refractivity contribution in [1.29, 1.82) is 0 Å². The van der Waals surface area contributed by atoms with Crippen LogP contribution in [0.2, 0.25) is 0 Å². The van der Waals surface area contributed by atoms with Gasteiger partial charge in [-0.15, -0.1) is 0 Å². The van der Waals surface area contributed by atoms with Gasteiger partial charge < -0.3 is 0 Å². The summed E-state index contributed by atoms with van der Waals surface area (Å²) in [4.78, 5) is 35.1. The topological polar surface area (TPSA) is 71.9 Å². The number of aryl methyl sites for hydroxylation is 1. The molecule has 0 radical (unpaired) electrons. The van der Waals surface area contributed by atoms with Crippen molar-refractivity contribution < 1.29 is 4.79 Å². The van der Waals surface area contributed by atoms with E-state index in [1.807, 2.05) is 0 Å². The summed E-state index contributed by atoms with van der Waals surface area (Å²) in [7, 11) is 0. The van der Waals surface area contributed by atoms with E-state index in [0.717, 1.165) is 0 Å². The number of hydrogen-bond acceptors (Lipinski definition) is 3. The minimum Gasteiger partial charge on any atom is -0.300 e. The molecule has 0 atom stereocenters. The first-order chi connectivity index (χ1) is 7.00. The first-order valence-electron chi connectivity index (χ1n) is 4.49. The molecule has 0 bridgehead atoms. The Kier molecular flexibility index (Phi) is 3.38. The van der Waals surface area contributed by atoms with Crippen LogP contribution in [-0.2, 0) is 4.79 Å². The monoisotopic (exact) mass is 208 g/mol. The number of rotatable bonds is 3. The van der Waals surface area contributed by atoms with Crippen LogP contribution in [0, 0.1) is 6.92 Å². The SMILES string of the molecule is CC(=O)C/C=C/n1cc(C)c(=O)[nH]c1=O. The molecule has 0 spiro atoms. The first-order valence-corrected chi connectivity index (χ1v) is 4.49. The number of hydrogen-bond donors (Lipinski definition) is 1. The van der Waals surface area contributed by atoms with Gasteiger partial charge in [0.05, 0.1) is 0 Å². The summed E-state index contributed by atoms with van der Waals surface area (Å²) in [6.07, 6.45) is 4.73. The Hall–Kier alpha value is -1.91. The molecule has 5 heteroatoms. The number of carbonyl (C=O) groups is 1. The number of allylic oxidation sites excluding steroid dienone is 1. The average Bonchev–Trinajstić information content (AvgIpc) is 2.13. The summed E-state index contributed by atoms with van der Waals surface area (Å²) in [6.45, 7) is 3.07. The first kappa shape index (κ1) is 11.2. The molecule has 1 heterocycles. The lowest BCUT2D eigenvalue weighted by Gasteiger charge is -1.98. The highest BCUT2D eigenvalue weighted by atomic mass is 16.2. The second-order valence-electron chi connectivity index (χ2n) is 3.27. The summed E-state index contributed by atoms with van der Waals surface area (Å²) >= 11 is 0. The van der Waals surface area contributed by atoms with Crippen LogP contribution < -0.4 is 11.2 Å². The lowest BCUT2D eigenvalue weighted by Crippen LogP contribution is -2.28. The van der Waals surface area contributed by atoms with Gasteiger partial charge in [0.25, 0.3) is 5.56 Å². The highest BCUT2D eigenvalue weighted by Crippen LogP contribution is 1.89. The lowest BCUT2D eigenvalue weighted by atomic mass is 10.3. The van der Waals surface area contributed by atoms with Crippen molar-refractivity contribution in [2.75, 3.05) is 0 Å². The zero-order valence-corrected chi connectivity index (χ0v) is 8.61. The van der Waals surface area contributed by atoms with E-state index < -0.39 is 11.2 Å². The molecule has 0 saturated heterocycles. The molecule has 80 valence electrons. The van der Waals surface area contributed by atoms with E-state index in [-0.39, 0.29) is 12.2 Å². The lowest BCUT2D eigenvalue weighted by molar-refractivity contribution is -0.116. The van der Waals surface area contributed by atoms with E-state index in [2.05, 4.69) is 4.98 Å². The Morgan fingerprint density at radius 3 is 2.80 bits per heavy atom. The number of aromatic nitrogens is 2. The van der Waals surface area contributed by atoms with Gasteiger partial charge in [-0.25, -0.2) is 4.79 Å². The third-order valence-corrected chi connectivity index (χ3v) is 1.82. The van der Waals surface area contributed by atoms with E-state index in [1.54, 1.807) is 13.0 Å². The third-order valence-electron chi connectivity index (χ3n) is 1.82. The predicted molar refractivity (Wildman–Crippen MR) is 56.7 cm³/mol. The maximum absolute atomic E-state index is 11.2. The summed E-state index contributed by atoms with van der Waals surface area (Å²) < 4.78 is 1.24. The molecule has 0 saturated carbocycles. The van der Waals surface area contributed by atoms with Crippen LogP contribution >= 0.6 is 0 Å². The smallest absolute Gasteiger partial charge is 0.300 e. The summed E-state index contributed by atoms with van der Waals surface area (Å²) in [5.74, 6) is 0.0143. The van der Waals surface area contributed by atoms with Gasteiger partial charge in [-0.3, -0.25) is 19.1 Å².